The normalized spacial score (nSPS) is 11.7. The first-order valence-electron chi connectivity index (χ1n) is 7.13. The van der Waals surface area contributed by atoms with Crippen LogP contribution in [-0.4, -0.2) is 46.8 Å². The van der Waals surface area contributed by atoms with Crippen LogP contribution in [0.2, 0.25) is 0 Å². The summed E-state index contributed by atoms with van der Waals surface area (Å²) in [6.07, 6.45) is 0.538. The molecule has 0 aliphatic carbocycles. The Hall–Kier alpha value is -0.940. The van der Waals surface area contributed by atoms with Gasteiger partial charge in [0.25, 0.3) is 0 Å². The van der Waals surface area contributed by atoms with Crippen molar-refractivity contribution in [2.75, 3.05) is 32.4 Å². The zero-order valence-electron chi connectivity index (χ0n) is 13.3. The lowest BCUT2D eigenvalue weighted by molar-refractivity contribution is 0.581. The van der Waals surface area contributed by atoms with E-state index in [2.05, 4.69) is 20.3 Å². The van der Waals surface area contributed by atoms with Gasteiger partial charge < -0.3 is 10.6 Å². The number of halogens is 2. The number of rotatable bonds is 8. The smallest absolute Gasteiger partial charge is 0.211 e. The van der Waals surface area contributed by atoms with Crippen molar-refractivity contribution in [3.8, 4) is 0 Å². The summed E-state index contributed by atoms with van der Waals surface area (Å²) < 4.78 is 38.4. The number of hydrogen-bond donors (Lipinski definition) is 3. The van der Waals surface area contributed by atoms with Gasteiger partial charge in [-0.05, 0) is 25.0 Å². The first-order chi connectivity index (χ1) is 10.5. The Bertz CT molecular complexity index is 596. The highest BCUT2D eigenvalue weighted by Crippen LogP contribution is 2.05. The third-order valence-corrected chi connectivity index (χ3v) is 4.39. The molecule has 1 rings (SSSR count). The van der Waals surface area contributed by atoms with Crippen LogP contribution in [0.3, 0.4) is 0 Å². The SMILES string of the molecule is CCS(=O)(=O)NCCNC(=NC)NCCc1ccccc1F.I. The molecule has 6 nitrogen and oxygen atoms in total. The minimum atomic E-state index is -3.17. The lowest BCUT2D eigenvalue weighted by Gasteiger charge is -2.12. The molecule has 0 aromatic heterocycles. The summed E-state index contributed by atoms with van der Waals surface area (Å²) in [5.41, 5.74) is 0.640. The van der Waals surface area contributed by atoms with Gasteiger partial charge in [-0.25, -0.2) is 17.5 Å². The molecule has 132 valence electrons. The fraction of sp³-hybridized carbons (Fsp3) is 0.500. The second-order valence-corrected chi connectivity index (χ2v) is 6.66. The number of sulfonamides is 1. The molecule has 0 heterocycles. The maximum atomic E-state index is 13.5. The Balaban J connectivity index is 0.00000484. The van der Waals surface area contributed by atoms with E-state index in [0.29, 0.717) is 31.0 Å². The fourth-order valence-corrected chi connectivity index (χ4v) is 2.34. The van der Waals surface area contributed by atoms with E-state index in [1.807, 2.05) is 0 Å². The number of aliphatic imine (C=N–C) groups is 1. The van der Waals surface area contributed by atoms with E-state index in [9.17, 15) is 12.8 Å². The van der Waals surface area contributed by atoms with Crippen LogP contribution in [-0.2, 0) is 16.4 Å². The van der Waals surface area contributed by atoms with Gasteiger partial charge >= 0.3 is 0 Å². The van der Waals surface area contributed by atoms with E-state index >= 15 is 0 Å². The van der Waals surface area contributed by atoms with Crippen LogP contribution < -0.4 is 15.4 Å². The highest BCUT2D eigenvalue weighted by atomic mass is 127. The maximum Gasteiger partial charge on any atom is 0.211 e. The number of benzene rings is 1. The molecule has 0 saturated carbocycles. The van der Waals surface area contributed by atoms with E-state index in [1.165, 1.54) is 6.07 Å². The average Bonchev–Trinajstić information content (AvgIpc) is 2.51. The molecule has 23 heavy (non-hydrogen) atoms. The second-order valence-electron chi connectivity index (χ2n) is 4.56. The van der Waals surface area contributed by atoms with Crippen molar-refractivity contribution < 1.29 is 12.8 Å². The molecule has 0 spiro atoms. The van der Waals surface area contributed by atoms with Gasteiger partial charge in [0.2, 0.25) is 10.0 Å². The molecule has 0 unspecified atom stereocenters. The molecule has 1 aromatic rings. The monoisotopic (exact) mass is 458 g/mol. The standard InChI is InChI=1S/C14H23FN4O2S.HI/c1-3-22(20,21)19-11-10-18-14(16-2)17-9-8-12-6-4-5-7-13(12)15;/h4-7,19H,3,8-11H2,1-2H3,(H2,16,17,18);1H. The Morgan fingerprint density at radius 2 is 1.83 bits per heavy atom. The van der Waals surface area contributed by atoms with Crippen LogP contribution in [0, 0.1) is 5.82 Å². The van der Waals surface area contributed by atoms with Crippen molar-refractivity contribution in [2.24, 2.45) is 4.99 Å². The van der Waals surface area contributed by atoms with Crippen molar-refractivity contribution in [3.05, 3.63) is 35.6 Å². The predicted octanol–water partition coefficient (Wildman–Crippen LogP) is 1.09. The minimum absolute atomic E-state index is 0. The van der Waals surface area contributed by atoms with Gasteiger partial charge in [0, 0.05) is 26.7 Å². The summed E-state index contributed by atoms with van der Waals surface area (Å²) in [7, 11) is -1.55. The van der Waals surface area contributed by atoms with Gasteiger partial charge in [0.05, 0.1) is 5.75 Å². The van der Waals surface area contributed by atoms with Crippen LogP contribution in [0.5, 0.6) is 0 Å². The number of nitrogens with zero attached hydrogens (tertiary/aromatic N) is 1. The van der Waals surface area contributed by atoms with Gasteiger partial charge in [-0.1, -0.05) is 18.2 Å². The van der Waals surface area contributed by atoms with Gasteiger partial charge in [-0.3, -0.25) is 4.99 Å². The Kier molecular flexibility index (Phi) is 11.1. The molecular formula is C14H24FIN4O2S. The Morgan fingerprint density at radius 3 is 2.43 bits per heavy atom. The van der Waals surface area contributed by atoms with E-state index < -0.39 is 10.0 Å². The first-order valence-corrected chi connectivity index (χ1v) is 8.79. The zero-order valence-corrected chi connectivity index (χ0v) is 16.4. The van der Waals surface area contributed by atoms with Crippen LogP contribution in [0.25, 0.3) is 0 Å². The van der Waals surface area contributed by atoms with Crippen LogP contribution in [0.1, 0.15) is 12.5 Å². The Morgan fingerprint density at radius 1 is 1.17 bits per heavy atom. The first kappa shape index (κ1) is 22.1. The second kappa shape index (κ2) is 11.6. The topological polar surface area (TPSA) is 82.6 Å². The Labute approximate surface area is 154 Å². The summed E-state index contributed by atoms with van der Waals surface area (Å²) in [5, 5.41) is 6.04. The van der Waals surface area contributed by atoms with E-state index in [1.54, 1.807) is 32.2 Å². The molecule has 0 aliphatic heterocycles. The number of nitrogens with one attached hydrogen (secondary N) is 3. The summed E-state index contributed by atoms with van der Waals surface area (Å²) in [4.78, 5) is 4.02. The zero-order chi connectivity index (χ0) is 16.4. The largest absolute Gasteiger partial charge is 0.356 e. The summed E-state index contributed by atoms with van der Waals surface area (Å²) in [6, 6.07) is 6.63. The molecule has 0 amide bonds. The summed E-state index contributed by atoms with van der Waals surface area (Å²) in [6.45, 7) is 2.81. The quantitative estimate of drug-likeness (QED) is 0.236. The summed E-state index contributed by atoms with van der Waals surface area (Å²) in [5.74, 6) is 0.385. The van der Waals surface area contributed by atoms with E-state index in [4.69, 9.17) is 0 Å². The average molecular weight is 458 g/mol. The van der Waals surface area contributed by atoms with Crippen molar-refractivity contribution in [2.45, 2.75) is 13.3 Å². The highest BCUT2D eigenvalue weighted by molar-refractivity contribution is 14.0. The minimum Gasteiger partial charge on any atom is -0.356 e. The molecular weight excluding hydrogens is 434 g/mol. The molecule has 0 fully saturated rings. The predicted molar refractivity (Wildman–Crippen MR) is 102 cm³/mol. The maximum absolute atomic E-state index is 13.5. The molecule has 0 bridgehead atoms. The van der Waals surface area contributed by atoms with Crippen molar-refractivity contribution >= 4 is 40.0 Å². The third kappa shape index (κ3) is 9.06. The summed E-state index contributed by atoms with van der Waals surface area (Å²) >= 11 is 0. The third-order valence-electron chi connectivity index (χ3n) is 2.99. The molecule has 0 atom stereocenters. The molecule has 3 N–H and O–H groups in total. The molecule has 1 aromatic carbocycles. The van der Waals surface area contributed by atoms with E-state index in [-0.39, 0.29) is 42.1 Å². The van der Waals surface area contributed by atoms with Gasteiger partial charge in [0.15, 0.2) is 5.96 Å². The number of guanidine groups is 1. The van der Waals surface area contributed by atoms with Crippen molar-refractivity contribution in [1.29, 1.82) is 0 Å². The van der Waals surface area contributed by atoms with Crippen molar-refractivity contribution in [1.82, 2.24) is 15.4 Å². The number of hydrogen-bond acceptors (Lipinski definition) is 3. The van der Waals surface area contributed by atoms with E-state index in [0.717, 1.165) is 0 Å². The molecule has 0 aliphatic rings. The van der Waals surface area contributed by atoms with Gasteiger partial charge in [0.1, 0.15) is 5.82 Å². The van der Waals surface area contributed by atoms with Gasteiger partial charge in [-0.15, -0.1) is 24.0 Å². The lowest BCUT2D eigenvalue weighted by atomic mass is 10.1. The van der Waals surface area contributed by atoms with Crippen LogP contribution in [0.4, 0.5) is 4.39 Å². The molecule has 9 heteroatoms. The fourth-order valence-electron chi connectivity index (χ4n) is 1.73. The molecule has 0 radical (unpaired) electrons. The van der Waals surface area contributed by atoms with Crippen molar-refractivity contribution in [3.63, 3.8) is 0 Å². The highest BCUT2D eigenvalue weighted by Gasteiger charge is 2.05. The van der Waals surface area contributed by atoms with Crippen LogP contribution in [0.15, 0.2) is 29.3 Å². The molecule has 0 saturated heterocycles. The van der Waals surface area contributed by atoms with Gasteiger partial charge in [-0.2, -0.15) is 0 Å². The van der Waals surface area contributed by atoms with Crippen LogP contribution >= 0.6 is 24.0 Å². The lowest BCUT2D eigenvalue weighted by Crippen LogP contribution is -2.42.